The quantitative estimate of drug-likeness (QED) is 0.735. The molecule has 0 spiro atoms. The normalized spacial score (nSPS) is 10.8. The molecule has 2 heteroatoms. The minimum absolute atomic E-state index is 0.613. The molecule has 0 heterocycles. The molecule has 0 atom stereocenters. The van der Waals surface area contributed by atoms with E-state index in [9.17, 15) is 0 Å². The highest BCUT2D eigenvalue weighted by Crippen LogP contribution is 2.12. The van der Waals surface area contributed by atoms with Crippen LogP contribution in [0.5, 0.6) is 0 Å². The van der Waals surface area contributed by atoms with Crippen molar-refractivity contribution < 1.29 is 0 Å². The first kappa shape index (κ1) is 10.8. The summed E-state index contributed by atoms with van der Waals surface area (Å²) in [5, 5.41) is 0. The predicted molar refractivity (Wildman–Crippen MR) is 62.6 cm³/mol. The van der Waals surface area contributed by atoms with Gasteiger partial charge in [0.15, 0.2) is 0 Å². The van der Waals surface area contributed by atoms with E-state index in [4.69, 9.17) is 5.73 Å². The number of aryl methyl sites for hydroxylation is 1. The van der Waals surface area contributed by atoms with Crippen molar-refractivity contribution in [3.05, 3.63) is 42.0 Å². The minimum atomic E-state index is 0.613. The Kier molecular flexibility index (Phi) is 4.20. The molecule has 2 nitrogen and oxygen atoms in total. The molecule has 1 rings (SSSR count). The Bertz CT molecular complexity index is 288. The summed E-state index contributed by atoms with van der Waals surface area (Å²) in [6, 6.07) is 8.51. The fraction of sp³-hybridized carbons (Fsp3) is 0.333. The van der Waals surface area contributed by atoms with Crippen LogP contribution >= 0.6 is 0 Å². The maximum atomic E-state index is 5.37. The van der Waals surface area contributed by atoms with E-state index in [0.717, 1.165) is 6.54 Å². The van der Waals surface area contributed by atoms with Gasteiger partial charge >= 0.3 is 0 Å². The lowest BCUT2D eigenvalue weighted by Gasteiger charge is -2.17. The average molecular weight is 190 g/mol. The number of nitrogens with two attached hydrogens (primary N) is 1. The lowest BCUT2D eigenvalue weighted by atomic mass is 10.2. The molecule has 0 aliphatic rings. The first-order chi connectivity index (χ1) is 6.74. The molecular formula is C12H18N2. The van der Waals surface area contributed by atoms with Gasteiger partial charge in [0.25, 0.3) is 0 Å². The second kappa shape index (κ2) is 5.45. The molecule has 76 valence electrons. The summed E-state index contributed by atoms with van der Waals surface area (Å²) in [4.78, 5) is 2.19. The van der Waals surface area contributed by atoms with Crippen molar-refractivity contribution >= 4 is 5.69 Å². The third-order valence-corrected chi connectivity index (χ3v) is 2.16. The summed E-state index contributed by atoms with van der Waals surface area (Å²) in [5.74, 6) is 0. The third kappa shape index (κ3) is 3.23. The fourth-order valence-electron chi connectivity index (χ4n) is 1.23. The van der Waals surface area contributed by atoms with Gasteiger partial charge in [-0.3, -0.25) is 0 Å². The van der Waals surface area contributed by atoms with Crippen LogP contribution in [0.25, 0.3) is 0 Å². The zero-order valence-electron chi connectivity index (χ0n) is 8.90. The van der Waals surface area contributed by atoms with Crippen LogP contribution in [0, 0.1) is 6.92 Å². The molecule has 0 saturated carbocycles. The molecular weight excluding hydrogens is 172 g/mol. The molecule has 0 radical (unpaired) electrons. The van der Waals surface area contributed by atoms with Crippen LogP contribution in [0.1, 0.15) is 5.56 Å². The first-order valence-electron chi connectivity index (χ1n) is 4.87. The number of hydrogen-bond acceptors (Lipinski definition) is 2. The van der Waals surface area contributed by atoms with E-state index >= 15 is 0 Å². The van der Waals surface area contributed by atoms with E-state index in [-0.39, 0.29) is 0 Å². The summed E-state index contributed by atoms with van der Waals surface area (Å²) in [6.07, 6.45) is 4.06. The summed E-state index contributed by atoms with van der Waals surface area (Å²) in [7, 11) is 2.07. The Balaban J connectivity index is 2.56. The maximum Gasteiger partial charge on any atom is 0.0366 e. The summed E-state index contributed by atoms with van der Waals surface area (Å²) >= 11 is 0. The van der Waals surface area contributed by atoms with Crippen molar-refractivity contribution in [2.45, 2.75) is 6.92 Å². The van der Waals surface area contributed by atoms with E-state index in [1.54, 1.807) is 0 Å². The zero-order valence-corrected chi connectivity index (χ0v) is 8.90. The average Bonchev–Trinajstić information content (AvgIpc) is 2.19. The zero-order chi connectivity index (χ0) is 10.4. The Hall–Kier alpha value is -1.28. The summed E-state index contributed by atoms with van der Waals surface area (Å²) < 4.78 is 0. The van der Waals surface area contributed by atoms with Crippen LogP contribution < -0.4 is 10.6 Å². The monoisotopic (exact) mass is 190 g/mol. The van der Waals surface area contributed by atoms with Crippen LogP contribution in [0.2, 0.25) is 0 Å². The maximum absolute atomic E-state index is 5.37. The van der Waals surface area contributed by atoms with Gasteiger partial charge < -0.3 is 10.6 Å². The molecule has 0 bridgehead atoms. The van der Waals surface area contributed by atoms with Crippen LogP contribution in [0.15, 0.2) is 36.4 Å². The van der Waals surface area contributed by atoms with Crippen molar-refractivity contribution in [2.24, 2.45) is 5.73 Å². The Morgan fingerprint density at radius 2 is 1.86 bits per heavy atom. The molecule has 1 aromatic rings. The van der Waals surface area contributed by atoms with E-state index in [1.165, 1.54) is 11.3 Å². The number of likely N-dealkylation sites (N-methyl/N-ethyl adjacent to an activating group) is 1. The lowest BCUT2D eigenvalue weighted by Crippen LogP contribution is -2.16. The number of nitrogens with zero attached hydrogens (tertiary/aromatic N) is 1. The molecule has 0 aliphatic carbocycles. The highest BCUT2D eigenvalue weighted by molar-refractivity contribution is 5.47. The van der Waals surface area contributed by atoms with Crippen LogP contribution in [0.3, 0.4) is 0 Å². The molecule has 0 aliphatic heterocycles. The SMILES string of the molecule is Cc1ccc(N(C)CC=CCN)cc1. The molecule has 1 aromatic carbocycles. The molecule has 2 N–H and O–H groups in total. The van der Waals surface area contributed by atoms with Gasteiger partial charge in [-0.2, -0.15) is 0 Å². The van der Waals surface area contributed by atoms with E-state index in [1.807, 2.05) is 6.08 Å². The second-order valence-electron chi connectivity index (χ2n) is 3.42. The van der Waals surface area contributed by atoms with Gasteiger partial charge in [0.05, 0.1) is 0 Å². The van der Waals surface area contributed by atoms with Crippen LogP contribution in [0.4, 0.5) is 5.69 Å². The van der Waals surface area contributed by atoms with E-state index in [2.05, 4.69) is 49.2 Å². The molecule has 0 saturated heterocycles. The van der Waals surface area contributed by atoms with Crippen molar-refractivity contribution in [3.63, 3.8) is 0 Å². The fourth-order valence-corrected chi connectivity index (χ4v) is 1.23. The first-order valence-corrected chi connectivity index (χ1v) is 4.87. The van der Waals surface area contributed by atoms with Gasteiger partial charge in [-0.05, 0) is 19.1 Å². The highest BCUT2D eigenvalue weighted by atomic mass is 15.1. The smallest absolute Gasteiger partial charge is 0.0366 e. The van der Waals surface area contributed by atoms with Crippen LogP contribution in [-0.4, -0.2) is 20.1 Å². The van der Waals surface area contributed by atoms with E-state index in [0.29, 0.717) is 6.54 Å². The molecule has 0 amide bonds. The predicted octanol–water partition coefficient (Wildman–Crippen LogP) is 1.95. The van der Waals surface area contributed by atoms with Gasteiger partial charge in [0, 0.05) is 25.8 Å². The number of rotatable bonds is 4. The second-order valence-corrected chi connectivity index (χ2v) is 3.42. The highest BCUT2D eigenvalue weighted by Gasteiger charge is 1.96. The molecule has 0 unspecified atom stereocenters. The summed E-state index contributed by atoms with van der Waals surface area (Å²) in [5.41, 5.74) is 7.89. The number of hydrogen-bond donors (Lipinski definition) is 1. The Morgan fingerprint density at radius 3 is 2.43 bits per heavy atom. The van der Waals surface area contributed by atoms with Crippen molar-refractivity contribution in [1.82, 2.24) is 0 Å². The van der Waals surface area contributed by atoms with Gasteiger partial charge in [0.2, 0.25) is 0 Å². The largest absolute Gasteiger partial charge is 0.371 e. The third-order valence-electron chi connectivity index (χ3n) is 2.16. The Morgan fingerprint density at radius 1 is 1.21 bits per heavy atom. The van der Waals surface area contributed by atoms with Gasteiger partial charge in [-0.1, -0.05) is 29.8 Å². The van der Waals surface area contributed by atoms with Crippen molar-refractivity contribution in [3.8, 4) is 0 Å². The standard InChI is InChI=1S/C12H18N2/c1-11-5-7-12(8-6-11)14(2)10-4-3-9-13/h3-8H,9-10,13H2,1-2H3. The molecule has 0 aromatic heterocycles. The van der Waals surface area contributed by atoms with Crippen molar-refractivity contribution in [2.75, 3.05) is 25.0 Å². The van der Waals surface area contributed by atoms with Gasteiger partial charge in [-0.25, -0.2) is 0 Å². The summed E-state index contributed by atoms with van der Waals surface area (Å²) in [6.45, 7) is 3.61. The van der Waals surface area contributed by atoms with Gasteiger partial charge in [-0.15, -0.1) is 0 Å². The lowest BCUT2D eigenvalue weighted by molar-refractivity contribution is 1.02. The topological polar surface area (TPSA) is 29.3 Å². The number of anilines is 1. The Labute approximate surface area is 86.0 Å². The van der Waals surface area contributed by atoms with E-state index < -0.39 is 0 Å². The minimum Gasteiger partial charge on any atom is -0.371 e. The number of benzene rings is 1. The van der Waals surface area contributed by atoms with Crippen LogP contribution in [-0.2, 0) is 0 Å². The molecule has 14 heavy (non-hydrogen) atoms. The molecule has 0 fully saturated rings. The van der Waals surface area contributed by atoms with Crippen molar-refractivity contribution in [1.29, 1.82) is 0 Å². The van der Waals surface area contributed by atoms with Gasteiger partial charge in [0.1, 0.15) is 0 Å².